The molecule has 28 heavy (non-hydrogen) atoms. The summed E-state index contributed by atoms with van der Waals surface area (Å²) in [6, 6.07) is 7.24. The van der Waals surface area contributed by atoms with Crippen molar-refractivity contribution in [2.75, 3.05) is 26.6 Å². The average molecular weight is 399 g/mol. The minimum absolute atomic E-state index is 0.120. The van der Waals surface area contributed by atoms with Crippen molar-refractivity contribution in [2.45, 2.75) is 12.8 Å². The number of benzene rings is 1. The molecule has 1 aromatic carbocycles. The number of nitrogens with zero attached hydrogens (tertiary/aromatic N) is 2. The number of pyridine rings is 1. The normalized spacial score (nSPS) is 10.4. The fourth-order valence-electron chi connectivity index (χ4n) is 2.66. The van der Waals surface area contributed by atoms with Crippen molar-refractivity contribution >= 4 is 22.9 Å². The van der Waals surface area contributed by atoms with Gasteiger partial charge in [-0.15, -0.1) is 11.3 Å². The lowest BCUT2D eigenvalue weighted by Gasteiger charge is -2.14. The van der Waals surface area contributed by atoms with E-state index in [1.165, 1.54) is 21.3 Å². The number of hydrogen-bond donors (Lipinski definition) is 1. The number of hydrogen-bond acceptors (Lipinski definition) is 7. The molecular formula is C20H21N3O4S. The summed E-state index contributed by atoms with van der Waals surface area (Å²) < 4.78 is 15.9. The third-order valence-electron chi connectivity index (χ3n) is 4.02. The Balaban J connectivity index is 1.63. The Labute approximate surface area is 167 Å². The number of ether oxygens (including phenoxy) is 3. The van der Waals surface area contributed by atoms with Gasteiger partial charge >= 0.3 is 0 Å². The molecule has 2 heterocycles. The van der Waals surface area contributed by atoms with Crippen molar-refractivity contribution in [2.24, 2.45) is 0 Å². The summed E-state index contributed by atoms with van der Waals surface area (Å²) in [4.78, 5) is 21.0. The van der Waals surface area contributed by atoms with Crippen LogP contribution in [0.5, 0.6) is 17.2 Å². The van der Waals surface area contributed by atoms with Gasteiger partial charge in [0.2, 0.25) is 11.7 Å². The highest BCUT2D eigenvalue weighted by molar-refractivity contribution is 7.13. The van der Waals surface area contributed by atoms with Crippen molar-refractivity contribution in [1.29, 1.82) is 0 Å². The number of carbonyl (C=O) groups is 1. The Kier molecular flexibility index (Phi) is 6.44. The van der Waals surface area contributed by atoms with Gasteiger partial charge in [0.05, 0.1) is 27.0 Å². The molecule has 146 valence electrons. The molecule has 8 heteroatoms. The van der Waals surface area contributed by atoms with E-state index in [1.54, 1.807) is 35.9 Å². The largest absolute Gasteiger partial charge is 0.493 e. The van der Waals surface area contributed by atoms with Crippen LogP contribution in [0.25, 0.3) is 10.6 Å². The first-order chi connectivity index (χ1) is 13.6. The third-order valence-corrected chi connectivity index (χ3v) is 4.96. The zero-order valence-corrected chi connectivity index (χ0v) is 16.7. The van der Waals surface area contributed by atoms with Crippen LogP contribution in [-0.2, 0) is 11.2 Å². The highest BCUT2D eigenvalue weighted by Gasteiger charge is 2.15. The SMILES string of the molecule is COc1cc(NC(=O)CCc2csc(-c3cccnc3)n2)cc(OC)c1OC. The molecule has 0 bridgehead atoms. The molecule has 0 atom stereocenters. The molecule has 0 saturated heterocycles. The number of amides is 1. The van der Waals surface area contributed by atoms with Gasteiger partial charge in [-0.1, -0.05) is 0 Å². The number of aryl methyl sites for hydroxylation is 1. The Morgan fingerprint density at radius 2 is 1.89 bits per heavy atom. The lowest BCUT2D eigenvalue weighted by Crippen LogP contribution is -2.12. The number of aromatic nitrogens is 2. The van der Waals surface area contributed by atoms with Gasteiger partial charge in [0, 0.05) is 47.6 Å². The van der Waals surface area contributed by atoms with Crippen molar-refractivity contribution < 1.29 is 19.0 Å². The van der Waals surface area contributed by atoms with Crippen molar-refractivity contribution in [1.82, 2.24) is 9.97 Å². The first-order valence-electron chi connectivity index (χ1n) is 8.59. The van der Waals surface area contributed by atoms with Gasteiger partial charge in [0.25, 0.3) is 0 Å². The summed E-state index contributed by atoms with van der Waals surface area (Å²) in [6.07, 6.45) is 4.37. The van der Waals surface area contributed by atoms with E-state index >= 15 is 0 Å². The quantitative estimate of drug-likeness (QED) is 0.620. The van der Waals surface area contributed by atoms with Crippen LogP contribution in [0.3, 0.4) is 0 Å². The maximum atomic E-state index is 12.4. The van der Waals surface area contributed by atoms with Crippen molar-refractivity contribution in [3.63, 3.8) is 0 Å². The summed E-state index contributed by atoms with van der Waals surface area (Å²) in [5, 5.41) is 5.73. The number of nitrogens with one attached hydrogen (secondary N) is 1. The van der Waals surface area contributed by atoms with Gasteiger partial charge in [-0.3, -0.25) is 9.78 Å². The third kappa shape index (κ3) is 4.58. The van der Waals surface area contributed by atoms with Gasteiger partial charge < -0.3 is 19.5 Å². The first kappa shape index (κ1) is 19.6. The lowest BCUT2D eigenvalue weighted by molar-refractivity contribution is -0.116. The minimum atomic E-state index is -0.120. The van der Waals surface area contributed by atoms with Crippen LogP contribution in [0.4, 0.5) is 5.69 Å². The number of thiazole rings is 1. The van der Waals surface area contributed by atoms with Crippen molar-refractivity contribution in [3.8, 4) is 27.8 Å². The fraction of sp³-hybridized carbons (Fsp3) is 0.250. The summed E-state index contributed by atoms with van der Waals surface area (Å²) in [5.74, 6) is 1.33. The molecule has 0 spiro atoms. The Bertz CT molecular complexity index is 919. The average Bonchev–Trinajstić information content (AvgIpc) is 3.21. The van der Waals surface area contributed by atoms with E-state index in [4.69, 9.17) is 14.2 Å². The lowest BCUT2D eigenvalue weighted by atomic mass is 10.2. The zero-order valence-electron chi connectivity index (χ0n) is 15.9. The smallest absolute Gasteiger partial charge is 0.224 e. The molecule has 0 unspecified atom stereocenters. The molecule has 3 aromatic rings. The molecular weight excluding hydrogens is 378 g/mol. The van der Waals surface area contributed by atoms with Gasteiger partial charge in [-0.25, -0.2) is 4.98 Å². The highest BCUT2D eigenvalue weighted by Crippen LogP contribution is 2.39. The van der Waals surface area contributed by atoms with E-state index in [0.717, 1.165) is 16.3 Å². The summed E-state index contributed by atoms with van der Waals surface area (Å²) in [7, 11) is 4.60. The molecule has 0 aliphatic carbocycles. The number of rotatable bonds is 8. The highest BCUT2D eigenvalue weighted by atomic mass is 32.1. The zero-order chi connectivity index (χ0) is 19.9. The molecule has 1 N–H and O–H groups in total. The van der Waals surface area contributed by atoms with Crippen LogP contribution in [0.15, 0.2) is 42.0 Å². The van der Waals surface area contributed by atoms with E-state index < -0.39 is 0 Å². The van der Waals surface area contributed by atoms with Gasteiger partial charge in [0.15, 0.2) is 11.5 Å². The number of methoxy groups -OCH3 is 3. The Morgan fingerprint density at radius 3 is 2.50 bits per heavy atom. The van der Waals surface area contributed by atoms with Crippen LogP contribution in [0.1, 0.15) is 12.1 Å². The molecule has 0 aliphatic heterocycles. The van der Waals surface area contributed by atoms with E-state index in [2.05, 4.69) is 15.3 Å². The summed E-state index contributed by atoms with van der Waals surface area (Å²) >= 11 is 1.54. The number of carbonyl (C=O) groups excluding carboxylic acids is 1. The second kappa shape index (κ2) is 9.18. The second-order valence-corrected chi connectivity index (χ2v) is 6.71. The van der Waals surface area contributed by atoms with E-state index in [0.29, 0.717) is 35.8 Å². The van der Waals surface area contributed by atoms with Crippen LogP contribution in [-0.4, -0.2) is 37.2 Å². The molecule has 0 fully saturated rings. The number of anilines is 1. The summed E-state index contributed by atoms with van der Waals surface area (Å²) in [5.41, 5.74) is 2.43. The van der Waals surface area contributed by atoms with E-state index in [1.807, 2.05) is 17.5 Å². The predicted molar refractivity (Wildman–Crippen MR) is 108 cm³/mol. The van der Waals surface area contributed by atoms with E-state index in [9.17, 15) is 4.79 Å². The molecule has 0 aliphatic rings. The predicted octanol–water partition coefficient (Wildman–Crippen LogP) is 3.80. The first-order valence-corrected chi connectivity index (χ1v) is 9.47. The van der Waals surface area contributed by atoms with Crippen LogP contribution in [0.2, 0.25) is 0 Å². The monoisotopic (exact) mass is 399 g/mol. The topological polar surface area (TPSA) is 82.6 Å². The summed E-state index contributed by atoms with van der Waals surface area (Å²) in [6.45, 7) is 0. The molecule has 2 aromatic heterocycles. The molecule has 3 rings (SSSR count). The molecule has 0 radical (unpaired) electrons. The Hall–Kier alpha value is -3.13. The van der Waals surface area contributed by atoms with Gasteiger partial charge in [0.1, 0.15) is 5.01 Å². The maximum absolute atomic E-state index is 12.4. The Morgan fingerprint density at radius 1 is 1.14 bits per heavy atom. The van der Waals surface area contributed by atoms with Gasteiger partial charge in [-0.2, -0.15) is 0 Å². The second-order valence-electron chi connectivity index (χ2n) is 5.85. The molecule has 1 amide bonds. The van der Waals surface area contributed by atoms with Crippen LogP contribution in [0, 0.1) is 0 Å². The molecule has 0 saturated carbocycles. The van der Waals surface area contributed by atoms with E-state index in [-0.39, 0.29) is 5.91 Å². The van der Waals surface area contributed by atoms with Gasteiger partial charge in [-0.05, 0) is 18.6 Å². The van der Waals surface area contributed by atoms with Crippen LogP contribution < -0.4 is 19.5 Å². The van der Waals surface area contributed by atoms with Crippen LogP contribution >= 0.6 is 11.3 Å². The maximum Gasteiger partial charge on any atom is 0.224 e. The minimum Gasteiger partial charge on any atom is -0.493 e. The molecule has 7 nitrogen and oxygen atoms in total. The standard InChI is InChI=1S/C20H21N3O4S/c1-25-16-9-15(10-17(26-2)19(16)27-3)22-18(24)7-6-14-12-28-20(23-14)13-5-4-8-21-11-13/h4-5,8-12H,6-7H2,1-3H3,(H,22,24). The van der Waals surface area contributed by atoms with Crippen molar-refractivity contribution in [3.05, 3.63) is 47.7 Å². The fourth-order valence-corrected chi connectivity index (χ4v) is 3.51.